The molecule has 0 saturated heterocycles. The maximum absolute atomic E-state index is 12.9. The van der Waals surface area contributed by atoms with Crippen LogP contribution in [0.3, 0.4) is 0 Å². The zero-order valence-corrected chi connectivity index (χ0v) is 13.9. The Kier molecular flexibility index (Phi) is 6.87. The van der Waals surface area contributed by atoms with E-state index in [-0.39, 0.29) is 17.8 Å². The predicted molar refractivity (Wildman–Crippen MR) is 86.7 cm³/mol. The monoisotopic (exact) mass is 335 g/mol. The number of hydrogen-bond acceptors (Lipinski definition) is 5. The number of carbonyl (C=O) groups excluding carboxylic acids is 1. The maximum atomic E-state index is 12.9. The van der Waals surface area contributed by atoms with E-state index in [2.05, 4.69) is 15.5 Å². The average molecular weight is 335 g/mol. The van der Waals surface area contributed by atoms with Crippen LogP contribution in [0, 0.1) is 5.82 Å². The van der Waals surface area contributed by atoms with Crippen molar-refractivity contribution >= 4 is 5.91 Å². The number of nitrogens with one attached hydrogen (secondary N) is 1. The molecule has 0 radical (unpaired) electrons. The summed E-state index contributed by atoms with van der Waals surface area (Å²) in [5.41, 5.74) is 0.689. The van der Waals surface area contributed by atoms with Gasteiger partial charge in [-0.1, -0.05) is 12.1 Å². The largest absolute Gasteiger partial charge is 0.383 e. The fraction of sp³-hybridized carbons (Fsp3) is 0.471. The third-order valence-electron chi connectivity index (χ3n) is 3.59. The highest BCUT2D eigenvalue weighted by Gasteiger charge is 2.12. The van der Waals surface area contributed by atoms with Crippen molar-refractivity contribution in [3.8, 4) is 11.4 Å². The molecule has 130 valence electrons. The molecule has 0 aliphatic carbocycles. The maximum Gasteiger partial charge on any atom is 0.226 e. The number of halogens is 1. The van der Waals surface area contributed by atoms with Crippen molar-refractivity contribution in [1.82, 2.24) is 15.5 Å². The number of methoxy groups -OCH3 is 1. The topological polar surface area (TPSA) is 77.2 Å². The number of hydrogen-bond donors (Lipinski definition) is 1. The highest BCUT2D eigenvalue weighted by atomic mass is 19.1. The molecule has 0 saturated carbocycles. The predicted octanol–water partition coefficient (Wildman–Crippen LogP) is 2.74. The fourth-order valence-electron chi connectivity index (χ4n) is 2.24. The van der Waals surface area contributed by atoms with Crippen LogP contribution in [0.1, 0.15) is 32.1 Å². The van der Waals surface area contributed by atoms with Crippen molar-refractivity contribution in [2.24, 2.45) is 0 Å². The summed E-state index contributed by atoms with van der Waals surface area (Å²) in [5, 5.41) is 6.80. The van der Waals surface area contributed by atoms with E-state index in [1.807, 2.05) is 6.92 Å². The molecule has 0 spiro atoms. The molecule has 0 aliphatic heterocycles. The van der Waals surface area contributed by atoms with E-state index >= 15 is 0 Å². The van der Waals surface area contributed by atoms with Crippen LogP contribution in [0.5, 0.6) is 0 Å². The molecule has 24 heavy (non-hydrogen) atoms. The Hall–Kier alpha value is -2.28. The summed E-state index contributed by atoms with van der Waals surface area (Å²) in [4.78, 5) is 16.1. The van der Waals surface area contributed by atoms with E-state index in [1.54, 1.807) is 19.2 Å². The molecule has 6 nitrogen and oxygen atoms in total. The second-order valence-corrected chi connectivity index (χ2v) is 5.50. The van der Waals surface area contributed by atoms with Crippen LogP contribution >= 0.6 is 0 Å². The SMILES string of the molecule is CC[C@H](COC)NC(=O)CCCc1nc(-c2ccc(F)cc2)no1. The van der Waals surface area contributed by atoms with Crippen molar-refractivity contribution in [2.45, 2.75) is 38.6 Å². The van der Waals surface area contributed by atoms with Crippen molar-refractivity contribution in [3.05, 3.63) is 36.0 Å². The highest BCUT2D eigenvalue weighted by Crippen LogP contribution is 2.16. The number of benzene rings is 1. The zero-order valence-electron chi connectivity index (χ0n) is 13.9. The van der Waals surface area contributed by atoms with Crippen LogP contribution in [-0.2, 0) is 16.0 Å². The lowest BCUT2D eigenvalue weighted by molar-refractivity contribution is -0.122. The number of amides is 1. The summed E-state index contributed by atoms with van der Waals surface area (Å²) in [5.74, 6) is 0.552. The molecule has 1 aromatic heterocycles. The second-order valence-electron chi connectivity index (χ2n) is 5.50. The first kappa shape index (κ1) is 18.1. The highest BCUT2D eigenvalue weighted by molar-refractivity contribution is 5.76. The number of ether oxygens (including phenoxy) is 1. The van der Waals surface area contributed by atoms with Gasteiger partial charge in [0.2, 0.25) is 17.6 Å². The van der Waals surface area contributed by atoms with Gasteiger partial charge in [0.15, 0.2) is 0 Å². The minimum Gasteiger partial charge on any atom is -0.383 e. The summed E-state index contributed by atoms with van der Waals surface area (Å²) in [6.07, 6.45) is 2.34. The molecular weight excluding hydrogens is 313 g/mol. The molecule has 0 fully saturated rings. The Morgan fingerprint density at radius 3 is 2.79 bits per heavy atom. The van der Waals surface area contributed by atoms with Gasteiger partial charge in [0, 0.05) is 25.5 Å². The summed E-state index contributed by atoms with van der Waals surface area (Å²) < 4.78 is 23.1. The van der Waals surface area contributed by atoms with Gasteiger partial charge in [0.25, 0.3) is 0 Å². The van der Waals surface area contributed by atoms with Crippen molar-refractivity contribution < 1.29 is 18.4 Å². The second kappa shape index (κ2) is 9.12. The summed E-state index contributed by atoms with van der Waals surface area (Å²) in [6, 6.07) is 5.92. The van der Waals surface area contributed by atoms with E-state index in [1.165, 1.54) is 12.1 Å². The third kappa shape index (κ3) is 5.42. The Morgan fingerprint density at radius 2 is 2.12 bits per heavy atom. The first-order chi connectivity index (χ1) is 11.6. The molecule has 7 heteroatoms. The minimum atomic E-state index is -0.313. The smallest absolute Gasteiger partial charge is 0.226 e. The molecular formula is C17H22FN3O3. The Labute approximate surface area is 140 Å². The van der Waals surface area contributed by atoms with E-state index in [9.17, 15) is 9.18 Å². The minimum absolute atomic E-state index is 0.0165. The van der Waals surface area contributed by atoms with Gasteiger partial charge < -0.3 is 14.6 Å². The summed E-state index contributed by atoms with van der Waals surface area (Å²) in [7, 11) is 1.61. The van der Waals surface area contributed by atoms with E-state index < -0.39 is 0 Å². The molecule has 1 heterocycles. The van der Waals surface area contributed by atoms with Crippen molar-refractivity contribution in [2.75, 3.05) is 13.7 Å². The van der Waals surface area contributed by atoms with Crippen molar-refractivity contribution in [1.29, 1.82) is 0 Å². The van der Waals surface area contributed by atoms with Crippen LogP contribution in [0.15, 0.2) is 28.8 Å². The van der Waals surface area contributed by atoms with Gasteiger partial charge in [-0.25, -0.2) is 4.39 Å². The van der Waals surface area contributed by atoms with E-state index in [4.69, 9.17) is 9.26 Å². The van der Waals surface area contributed by atoms with Crippen LogP contribution in [-0.4, -0.2) is 35.8 Å². The molecule has 2 rings (SSSR count). The first-order valence-corrected chi connectivity index (χ1v) is 7.99. The quantitative estimate of drug-likeness (QED) is 0.762. The van der Waals surface area contributed by atoms with Crippen LogP contribution in [0.4, 0.5) is 4.39 Å². The number of aryl methyl sites for hydroxylation is 1. The first-order valence-electron chi connectivity index (χ1n) is 7.99. The van der Waals surface area contributed by atoms with Gasteiger partial charge in [-0.15, -0.1) is 0 Å². The van der Waals surface area contributed by atoms with Gasteiger partial charge >= 0.3 is 0 Å². The fourth-order valence-corrected chi connectivity index (χ4v) is 2.24. The molecule has 1 atom stereocenters. The molecule has 0 bridgehead atoms. The third-order valence-corrected chi connectivity index (χ3v) is 3.59. The van der Waals surface area contributed by atoms with E-state index in [0.717, 1.165) is 6.42 Å². The molecule has 1 N–H and O–H groups in total. The van der Waals surface area contributed by atoms with E-state index in [0.29, 0.717) is 43.1 Å². The Morgan fingerprint density at radius 1 is 1.38 bits per heavy atom. The molecule has 0 unspecified atom stereocenters. The number of nitrogens with zero attached hydrogens (tertiary/aromatic N) is 2. The van der Waals surface area contributed by atoms with Gasteiger partial charge in [-0.3, -0.25) is 4.79 Å². The lowest BCUT2D eigenvalue weighted by Gasteiger charge is -2.15. The lowest BCUT2D eigenvalue weighted by atomic mass is 10.2. The molecule has 0 aliphatic rings. The number of aromatic nitrogens is 2. The number of rotatable bonds is 9. The number of carbonyl (C=O) groups is 1. The van der Waals surface area contributed by atoms with Crippen molar-refractivity contribution in [3.63, 3.8) is 0 Å². The summed E-state index contributed by atoms with van der Waals surface area (Å²) >= 11 is 0. The van der Waals surface area contributed by atoms with Gasteiger partial charge in [0.1, 0.15) is 5.82 Å². The Bertz CT molecular complexity index is 643. The zero-order chi connectivity index (χ0) is 17.4. The van der Waals surface area contributed by atoms with Gasteiger partial charge in [-0.05, 0) is 37.1 Å². The normalized spacial score (nSPS) is 12.1. The summed E-state index contributed by atoms with van der Waals surface area (Å²) in [6.45, 7) is 2.51. The molecule has 1 aromatic carbocycles. The average Bonchev–Trinajstić information content (AvgIpc) is 3.04. The van der Waals surface area contributed by atoms with Gasteiger partial charge in [0.05, 0.1) is 12.6 Å². The molecule has 1 amide bonds. The van der Waals surface area contributed by atoms with Crippen LogP contribution < -0.4 is 5.32 Å². The lowest BCUT2D eigenvalue weighted by Crippen LogP contribution is -2.37. The van der Waals surface area contributed by atoms with Crippen LogP contribution in [0.25, 0.3) is 11.4 Å². The molecule has 2 aromatic rings. The Balaban J connectivity index is 1.79. The standard InChI is InChI=1S/C17H22FN3O3/c1-3-14(11-23-2)19-15(22)5-4-6-16-20-17(21-24-16)12-7-9-13(18)10-8-12/h7-10,14H,3-6,11H2,1-2H3,(H,19,22)/t14-/m1/s1. The van der Waals surface area contributed by atoms with Gasteiger partial charge in [-0.2, -0.15) is 4.98 Å². The van der Waals surface area contributed by atoms with Crippen LogP contribution in [0.2, 0.25) is 0 Å².